The number of carbonyl (C=O) groups is 1. The second-order valence-electron chi connectivity index (χ2n) is 6.33. The number of fused-ring (bicyclic) bond motifs is 1. The van der Waals surface area contributed by atoms with Gasteiger partial charge >= 0.3 is 5.97 Å². The van der Waals surface area contributed by atoms with E-state index in [4.69, 9.17) is 4.74 Å². The first-order chi connectivity index (χ1) is 12.9. The Morgan fingerprint density at radius 3 is 2.63 bits per heavy atom. The predicted molar refractivity (Wildman–Crippen MR) is 112 cm³/mol. The predicted octanol–water partition coefficient (Wildman–Crippen LogP) is 4.79. The number of benzene rings is 1. The molecule has 3 rings (SSSR count). The minimum Gasteiger partial charge on any atom is -0.461 e. The largest absolute Gasteiger partial charge is 0.461 e. The molecule has 3 aromatic rings. The van der Waals surface area contributed by atoms with Gasteiger partial charge in [0.1, 0.15) is 11.4 Å². The van der Waals surface area contributed by atoms with E-state index in [0.29, 0.717) is 10.2 Å². The summed E-state index contributed by atoms with van der Waals surface area (Å²) in [7, 11) is 0. The molecule has 1 atom stereocenters. The second kappa shape index (κ2) is 8.35. The van der Waals surface area contributed by atoms with E-state index in [9.17, 15) is 9.59 Å². The lowest BCUT2D eigenvalue weighted by Gasteiger charge is -2.11. The van der Waals surface area contributed by atoms with Crippen LogP contribution in [0.2, 0.25) is 0 Å². The number of nitrogens with zero attached hydrogens (tertiary/aromatic N) is 2. The van der Waals surface area contributed by atoms with Crippen LogP contribution >= 0.6 is 27.3 Å². The van der Waals surface area contributed by atoms with Crippen LogP contribution in [0.1, 0.15) is 32.1 Å². The Morgan fingerprint density at radius 2 is 2.00 bits per heavy atom. The molecular formula is C20H21BrN2O3S. The summed E-state index contributed by atoms with van der Waals surface area (Å²) in [6, 6.07) is 7.88. The average Bonchev–Trinajstić information content (AvgIpc) is 3.04. The molecule has 5 nitrogen and oxygen atoms in total. The van der Waals surface area contributed by atoms with Crippen LogP contribution in [0.15, 0.2) is 39.9 Å². The fraction of sp³-hybridized carbons (Fsp3) is 0.350. The number of halogens is 1. The van der Waals surface area contributed by atoms with Gasteiger partial charge in [0.15, 0.2) is 0 Å². The third kappa shape index (κ3) is 4.14. The molecule has 0 radical (unpaired) electrons. The van der Waals surface area contributed by atoms with Gasteiger partial charge in [-0.15, -0.1) is 11.3 Å². The molecule has 2 aromatic heterocycles. The van der Waals surface area contributed by atoms with Gasteiger partial charge in [0.25, 0.3) is 5.56 Å². The Bertz CT molecular complexity index is 1020. The molecule has 0 saturated heterocycles. The Morgan fingerprint density at radius 1 is 1.30 bits per heavy atom. The van der Waals surface area contributed by atoms with Gasteiger partial charge in [-0.3, -0.25) is 14.2 Å². The zero-order valence-electron chi connectivity index (χ0n) is 15.5. The quantitative estimate of drug-likeness (QED) is 0.508. The van der Waals surface area contributed by atoms with Crippen LogP contribution in [-0.4, -0.2) is 21.6 Å². The topological polar surface area (TPSA) is 61.2 Å². The van der Waals surface area contributed by atoms with E-state index >= 15 is 0 Å². The molecule has 2 heterocycles. The Balaban J connectivity index is 2.09. The van der Waals surface area contributed by atoms with Crippen molar-refractivity contribution in [2.75, 3.05) is 0 Å². The molecular weight excluding hydrogens is 428 g/mol. The molecule has 0 fully saturated rings. The fourth-order valence-electron chi connectivity index (χ4n) is 2.84. The molecule has 0 amide bonds. The molecule has 0 spiro atoms. The Hall–Kier alpha value is -1.99. The van der Waals surface area contributed by atoms with Crippen LogP contribution in [0.5, 0.6) is 0 Å². The molecule has 0 aliphatic heterocycles. The van der Waals surface area contributed by atoms with Gasteiger partial charge in [-0.2, -0.15) is 0 Å². The Labute approximate surface area is 170 Å². The number of hydrogen-bond donors (Lipinski definition) is 0. The summed E-state index contributed by atoms with van der Waals surface area (Å²) >= 11 is 4.97. The minimum absolute atomic E-state index is 0.136. The summed E-state index contributed by atoms with van der Waals surface area (Å²) in [6.45, 7) is 5.71. The molecule has 1 aromatic carbocycles. The number of ether oxygens (including phenoxy) is 1. The van der Waals surface area contributed by atoms with E-state index < -0.39 is 5.97 Å². The van der Waals surface area contributed by atoms with Crippen molar-refractivity contribution in [3.8, 4) is 11.1 Å². The third-order valence-corrected chi connectivity index (χ3v) is 6.18. The minimum atomic E-state index is -0.427. The number of hydrogen-bond acceptors (Lipinski definition) is 5. The van der Waals surface area contributed by atoms with Crippen molar-refractivity contribution in [2.24, 2.45) is 0 Å². The molecule has 27 heavy (non-hydrogen) atoms. The highest BCUT2D eigenvalue weighted by atomic mass is 79.9. The number of aromatic nitrogens is 2. The highest BCUT2D eigenvalue weighted by Crippen LogP contribution is 2.36. The zero-order valence-corrected chi connectivity index (χ0v) is 17.9. The summed E-state index contributed by atoms with van der Waals surface area (Å²) in [5.74, 6) is -0.427. The zero-order chi connectivity index (χ0) is 19.6. The van der Waals surface area contributed by atoms with Gasteiger partial charge in [0.05, 0.1) is 17.8 Å². The van der Waals surface area contributed by atoms with Gasteiger partial charge in [-0.1, -0.05) is 41.9 Å². The normalized spacial score (nSPS) is 12.3. The number of aryl methyl sites for hydroxylation is 1. The first-order valence-corrected chi connectivity index (χ1v) is 10.5. The van der Waals surface area contributed by atoms with Crippen molar-refractivity contribution < 1.29 is 9.53 Å². The van der Waals surface area contributed by atoms with Gasteiger partial charge in [-0.25, -0.2) is 4.98 Å². The summed E-state index contributed by atoms with van der Waals surface area (Å²) < 4.78 is 7.61. The maximum Gasteiger partial charge on any atom is 0.326 e. The van der Waals surface area contributed by atoms with Gasteiger partial charge in [0.2, 0.25) is 0 Å². The van der Waals surface area contributed by atoms with E-state index in [-0.39, 0.29) is 18.2 Å². The number of esters is 1. The molecule has 0 aliphatic carbocycles. The smallest absolute Gasteiger partial charge is 0.326 e. The second-order valence-corrected chi connectivity index (χ2v) is 8.33. The van der Waals surface area contributed by atoms with Crippen molar-refractivity contribution >= 4 is 43.5 Å². The van der Waals surface area contributed by atoms with Crippen LogP contribution in [0.25, 0.3) is 21.3 Å². The maximum absolute atomic E-state index is 13.1. The van der Waals surface area contributed by atoms with E-state index in [0.717, 1.165) is 33.3 Å². The molecule has 7 heteroatoms. The number of rotatable bonds is 6. The van der Waals surface area contributed by atoms with Crippen LogP contribution < -0.4 is 5.56 Å². The van der Waals surface area contributed by atoms with Crippen molar-refractivity contribution in [3.05, 3.63) is 50.3 Å². The summed E-state index contributed by atoms with van der Waals surface area (Å²) in [5, 5.41) is 0.568. The summed E-state index contributed by atoms with van der Waals surface area (Å²) in [4.78, 5) is 31.5. The lowest BCUT2D eigenvalue weighted by atomic mass is 10.0. The van der Waals surface area contributed by atoms with Crippen molar-refractivity contribution in [1.82, 2.24) is 9.55 Å². The first-order valence-electron chi connectivity index (χ1n) is 8.90. The van der Waals surface area contributed by atoms with Crippen LogP contribution in [0, 0.1) is 0 Å². The van der Waals surface area contributed by atoms with Crippen LogP contribution in [-0.2, 0) is 22.5 Å². The van der Waals surface area contributed by atoms with E-state index in [1.54, 1.807) is 0 Å². The molecule has 1 unspecified atom stereocenters. The lowest BCUT2D eigenvalue weighted by molar-refractivity contribution is -0.149. The van der Waals surface area contributed by atoms with Gasteiger partial charge in [-0.05, 0) is 37.5 Å². The molecule has 0 N–H and O–H groups in total. The molecule has 0 bridgehead atoms. The number of carbonyl (C=O) groups excluding carboxylic acids is 1. The standard InChI is InChI=1S/C20H21BrN2O3S/c1-4-12(3)26-16(24)10-23-11-22-19-18(20(23)25)17(15(5-2)27-19)13-6-8-14(21)9-7-13/h6-9,11-12H,4-5,10H2,1-3H3. The average molecular weight is 449 g/mol. The van der Waals surface area contributed by atoms with E-state index in [1.807, 2.05) is 38.1 Å². The van der Waals surface area contributed by atoms with Crippen molar-refractivity contribution in [1.29, 1.82) is 0 Å². The molecule has 0 saturated carbocycles. The van der Waals surface area contributed by atoms with E-state index in [1.165, 1.54) is 22.2 Å². The third-order valence-electron chi connectivity index (χ3n) is 4.41. The summed E-state index contributed by atoms with van der Waals surface area (Å²) in [5.41, 5.74) is 1.67. The highest BCUT2D eigenvalue weighted by molar-refractivity contribution is 9.10. The SMILES string of the molecule is CCc1sc2ncn(CC(=O)OC(C)CC)c(=O)c2c1-c1ccc(Br)cc1. The highest BCUT2D eigenvalue weighted by Gasteiger charge is 2.19. The maximum atomic E-state index is 13.1. The van der Waals surface area contributed by atoms with E-state index in [2.05, 4.69) is 27.8 Å². The van der Waals surface area contributed by atoms with Crippen LogP contribution in [0.4, 0.5) is 0 Å². The number of thiophene rings is 1. The van der Waals surface area contributed by atoms with Crippen molar-refractivity contribution in [3.63, 3.8) is 0 Å². The molecule has 0 aliphatic rings. The van der Waals surface area contributed by atoms with Gasteiger partial charge < -0.3 is 4.74 Å². The lowest BCUT2D eigenvalue weighted by Crippen LogP contribution is -2.27. The Kier molecular flexibility index (Phi) is 6.11. The fourth-order valence-corrected chi connectivity index (χ4v) is 4.20. The van der Waals surface area contributed by atoms with Crippen molar-refractivity contribution in [2.45, 2.75) is 46.3 Å². The monoisotopic (exact) mass is 448 g/mol. The first kappa shape index (κ1) is 19.8. The molecule has 142 valence electrons. The van der Waals surface area contributed by atoms with Gasteiger partial charge in [0, 0.05) is 14.9 Å². The van der Waals surface area contributed by atoms with Crippen LogP contribution in [0.3, 0.4) is 0 Å². The summed E-state index contributed by atoms with van der Waals surface area (Å²) in [6.07, 6.45) is 2.80.